The van der Waals surface area contributed by atoms with Crippen molar-refractivity contribution in [2.24, 2.45) is 0 Å². The molecule has 3 heterocycles. The Balaban J connectivity index is 1.22. The van der Waals surface area contributed by atoms with Crippen LogP contribution in [0.1, 0.15) is 0 Å². The summed E-state index contributed by atoms with van der Waals surface area (Å²) < 4.78 is 6.84. The van der Waals surface area contributed by atoms with E-state index in [0.29, 0.717) is 29.3 Å². The van der Waals surface area contributed by atoms with E-state index in [2.05, 4.69) is 20.1 Å². The monoisotopic (exact) mass is 526 g/mol. The summed E-state index contributed by atoms with van der Waals surface area (Å²) in [5.74, 6) is 1.02. The van der Waals surface area contributed by atoms with E-state index >= 15 is 0 Å². The van der Waals surface area contributed by atoms with Gasteiger partial charge >= 0.3 is 0 Å². The molecule has 1 amide bonds. The molecule has 0 radical (unpaired) electrons. The highest BCUT2D eigenvalue weighted by Crippen LogP contribution is 2.27. The van der Waals surface area contributed by atoms with Crippen LogP contribution in [0.5, 0.6) is 5.75 Å². The SMILES string of the molecule is COc1ccc(N2CCN(C(=O)CSc3nc4[nH]ncc4c(=O)n3-c3cccc4ccccc34)CC2)cc1. The number of nitrogens with zero attached hydrogens (tertiary/aromatic N) is 5. The van der Waals surface area contributed by atoms with E-state index in [4.69, 9.17) is 4.74 Å². The first-order valence-corrected chi connectivity index (χ1v) is 13.3. The van der Waals surface area contributed by atoms with Crippen LogP contribution in [0.4, 0.5) is 5.69 Å². The number of rotatable bonds is 6. The summed E-state index contributed by atoms with van der Waals surface area (Å²) in [6, 6.07) is 21.7. The Morgan fingerprint density at radius 3 is 2.53 bits per heavy atom. The number of piperazine rings is 1. The molecule has 5 aromatic rings. The second-order valence-corrected chi connectivity index (χ2v) is 9.96. The molecule has 0 aliphatic carbocycles. The Labute approximate surface area is 223 Å². The molecule has 0 bridgehead atoms. The molecule has 1 aliphatic rings. The van der Waals surface area contributed by atoms with E-state index < -0.39 is 0 Å². The second-order valence-electron chi connectivity index (χ2n) is 9.02. The molecule has 10 heteroatoms. The quantitative estimate of drug-likeness (QED) is 0.266. The van der Waals surface area contributed by atoms with E-state index in [0.717, 1.165) is 41.0 Å². The van der Waals surface area contributed by atoms with Gasteiger partial charge in [-0.1, -0.05) is 48.2 Å². The van der Waals surface area contributed by atoms with Crippen LogP contribution < -0.4 is 15.2 Å². The van der Waals surface area contributed by atoms with Crippen molar-refractivity contribution < 1.29 is 9.53 Å². The van der Waals surface area contributed by atoms with Crippen molar-refractivity contribution in [1.82, 2.24) is 24.6 Å². The van der Waals surface area contributed by atoms with Gasteiger partial charge in [-0.05, 0) is 35.7 Å². The molecule has 1 fully saturated rings. The fourth-order valence-electron chi connectivity index (χ4n) is 4.81. The number of hydrogen-bond donors (Lipinski definition) is 1. The van der Waals surface area contributed by atoms with Crippen LogP contribution >= 0.6 is 11.8 Å². The Bertz CT molecular complexity index is 1670. The highest BCUT2D eigenvalue weighted by Gasteiger charge is 2.23. The third kappa shape index (κ3) is 4.47. The van der Waals surface area contributed by atoms with Crippen molar-refractivity contribution in [3.63, 3.8) is 0 Å². The van der Waals surface area contributed by atoms with Gasteiger partial charge < -0.3 is 14.5 Å². The lowest BCUT2D eigenvalue weighted by atomic mass is 10.1. The molecule has 38 heavy (non-hydrogen) atoms. The lowest BCUT2D eigenvalue weighted by molar-refractivity contribution is -0.128. The number of anilines is 1. The van der Waals surface area contributed by atoms with Crippen molar-refractivity contribution in [3.05, 3.63) is 83.3 Å². The van der Waals surface area contributed by atoms with E-state index in [1.165, 1.54) is 18.0 Å². The van der Waals surface area contributed by atoms with Crippen LogP contribution in [0.3, 0.4) is 0 Å². The third-order valence-electron chi connectivity index (χ3n) is 6.85. The Kier molecular flexibility index (Phi) is 6.47. The zero-order valence-corrected chi connectivity index (χ0v) is 21.6. The summed E-state index contributed by atoms with van der Waals surface area (Å²) in [7, 11) is 1.65. The van der Waals surface area contributed by atoms with Crippen molar-refractivity contribution in [3.8, 4) is 11.4 Å². The molecule has 1 aliphatic heterocycles. The first-order valence-electron chi connectivity index (χ1n) is 12.4. The van der Waals surface area contributed by atoms with Gasteiger partial charge in [-0.15, -0.1) is 0 Å². The van der Waals surface area contributed by atoms with Crippen LogP contribution in [0.15, 0.2) is 82.9 Å². The topological polar surface area (TPSA) is 96.3 Å². The zero-order chi connectivity index (χ0) is 26.1. The zero-order valence-electron chi connectivity index (χ0n) is 20.8. The van der Waals surface area contributed by atoms with Gasteiger partial charge in [0.15, 0.2) is 10.8 Å². The van der Waals surface area contributed by atoms with Gasteiger partial charge in [0.05, 0.1) is 24.7 Å². The predicted molar refractivity (Wildman–Crippen MR) is 150 cm³/mol. The van der Waals surface area contributed by atoms with Crippen molar-refractivity contribution in [2.75, 3.05) is 43.9 Å². The van der Waals surface area contributed by atoms with E-state index in [1.807, 2.05) is 71.6 Å². The summed E-state index contributed by atoms with van der Waals surface area (Å²) in [5, 5.41) is 9.62. The van der Waals surface area contributed by atoms with Crippen LogP contribution in [-0.4, -0.2) is 69.6 Å². The van der Waals surface area contributed by atoms with Crippen molar-refractivity contribution in [1.29, 1.82) is 0 Å². The van der Waals surface area contributed by atoms with E-state index in [9.17, 15) is 9.59 Å². The maximum atomic E-state index is 13.6. The number of fused-ring (bicyclic) bond motifs is 2. The molecule has 2 aromatic heterocycles. The van der Waals surface area contributed by atoms with Gasteiger partial charge in [0, 0.05) is 37.3 Å². The van der Waals surface area contributed by atoms with Crippen LogP contribution in [0.2, 0.25) is 0 Å². The number of aromatic nitrogens is 4. The molecular weight excluding hydrogens is 500 g/mol. The standard InChI is InChI=1S/C28H26N6O3S/c1-37-21-11-9-20(10-12-21)32-13-15-33(16-14-32)25(35)18-38-28-30-26-23(17-29-31-26)27(36)34(28)24-8-4-6-19-5-2-3-7-22(19)24/h2-12,17H,13-16,18H2,1H3,(H,29,31). The molecule has 9 nitrogen and oxygen atoms in total. The average Bonchev–Trinajstić information content (AvgIpc) is 3.45. The Hall–Kier alpha value is -4.31. The van der Waals surface area contributed by atoms with Gasteiger partial charge in [0.2, 0.25) is 5.91 Å². The van der Waals surface area contributed by atoms with Crippen LogP contribution in [0.25, 0.3) is 27.5 Å². The summed E-state index contributed by atoms with van der Waals surface area (Å²) >= 11 is 1.27. The number of methoxy groups -OCH3 is 1. The minimum absolute atomic E-state index is 0.0211. The number of carbonyl (C=O) groups is 1. The lowest BCUT2D eigenvalue weighted by Crippen LogP contribution is -2.49. The van der Waals surface area contributed by atoms with Gasteiger partial charge in [0.1, 0.15) is 11.1 Å². The molecule has 1 saturated heterocycles. The number of nitrogens with one attached hydrogen (secondary N) is 1. The van der Waals surface area contributed by atoms with Crippen LogP contribution in [-0.2, 0) is 4.79 Å². The summed E-state index contributed by atoms with van der Waals surface area (Å²) in [6.07, 6.45) is 1.49. The summed E-state index contributed by atoms with van der Waals surface area (Å²) in [5.41, 5.74) is 2.04. The maximum absolute atomic E-state index is 13.6. The van der Waals surface area contributed by atoms with Crippen molar-refractivity contribution >= 4 is 45.2 Å². The van der Waals surface area contributed by atoms with Crippen molar-refractivity contribution in [2.45, 2.75) is 5.16 Å². The van der Waals surface area contributed by atoms with Gasteiger partial charge in [-0.3, -0.25) is 19.3 Å². The molecule has 3 aromatic carbocycles. The number of ether oxygens (including phenoxy) is 1. The summed E-state index contributed by atoms with van der Waals surface area (Å²) in [4.78, 5) is 35.6. The van der Waals surface area contributed by atoms with E-state index in [1.54, 1.807) is 11.7 Å². The molecule has 192 valence electrons. The number of aromatic amines is 1. The molecule has 0 atom stereocenters. The first kappa shape index (κ1) is 24.1. The molecule has 0 unspecified atom stereocenters. The van der Waals surface area contributed by atoms with Gasteiger partial charge in [0.25, 0.3) is 5.56 Å². The predicted octanol–water partition coefficient (Wildman–Crippen LogP) is 3.71. The molecular formula is C28H26N6O3S. The van der Waals surface area contributed by atoms with Gasteiger partial charge in [-0.2, -0.15) is 5.10 Å². The molecule has 1 N–H and O–H groups in total. The minimum atomic E-state index is -0.219. The maximum Gasteiger partial charge on any atom is 0.269 e. The number of hydrogen-bond acceptors (Lipinski definition) is 7. The fraction of sp³-hybridized carbons (Fsp3) is 0.214. The normalized spacial score (nSPS) is 13.8. The highest BCUT2D eigenvalue weighted by atomic mass is 32.2. The molecule has 0 saturated carbocycles. The summed E-state index contributed by atoms with van der Waals surface area (Å²) in [6.45, 7) is 2.77. The van der Waals surface area contributed by atoms with E-state index in [-0.39, 0.29) is 17.2 Å². The highest BCUT2D eigenvalue weighted by molar-refractivity contribution is 7.99. The Morgan fingerprint density at radius 1 is 0.974 bits per heavy atom. The largest absolute Gasteiger partial charge is 0.497 e. The third-order valence-corrected chi connectivity index (χ3v) is 7.78. The van der Waals surface area contributed by atoms with Gasteiger partial charge in [-0.25, -0.2) is 4.98 Å². The fourth-order valence-corrected chi connectivity index (χ4v) is 5.71. The Morgan fingerprint density at radius 2 is 1.74 bits per heavy atom. The molecule has 6 rings (SSSR count). The number of thioether (sulfide) groups is 1. The first-order chi connectivity index (χ1) is 18.6. The number of amides is 1. The number of H-pyrrole nitrogens is 1. The second kappa shape index (κ2) is 10.2. The lowest BCUT2D eigenvalue weighted by Gasteiger charge is -2.36. The average molecular weight is 527 g/mol. The number of benzene rings is 3. The minimum Gasteiger partial charge on any atom is -0.497 e. The smallest absolute Gasteiger partial charge is 0.269 e. The van der Waals surface area contributed by atoms with Crippen LogP contribution in [0, 0.1) is 0 Å². The molecule has 0 spiro atoms. The number of carbonyl (C=O) groups excluding carboxylic acids is 1.